The Bertz CT molecular complexity index is 151. The molecule has 16 heavy (non-hydrogen) atoms. The van der Waals surface area contributed by atoms with Crippen LogP contribution in [0.3, 0.4) is 0 Å². The van der Waals surface area contributed by atoms with Crippen LogP contribution in [0.4, 0.5) is 0 Å². The monoisotopic (exact) mass is 227 g/mol. The molecule has 0 aromatic carbocycles. The van der Waals surface area contributed by atoms with Crippen LogP contribution in [0.25, 0.3) is 0 Å². The minimum Gasteiger partial charge on any atom is -0.314 e. The van der Waals surface area contributed by atoms with Gasteiger partial charge in [0.15, 0.2) is 0 Å². The SMILES string of the molecule is CN(C)CCNCCN1CCCCCCC1. The fourth-order valence-corrected chi connectivity index (χ4v) is 2.20. The van der Waals surface area contributed by atoms with Gasteiger partial charge in [-0.15, -0.1) is 0 Å². The minimum atomic E-state index is 1.11. The Morgan fingerprint density at radius 2 is 1.56 bits per heavy atom. The molecule has 0 aromatic heterocycles. The predicted octanol–water partition coefficient (Wildman–Crippen LogP) is 1.40. The van der Waals surface area contributed by atoms with Crippen LogP contribution in [-0.4, -0.2) is 63.2 Å². The largest absolute Gasteiger partial charge is 0.314 e. The summed E-state index contributed by atoms with van der Waals surface area (Å²) >= 11 is 0. The minimum absolute atomic E-state index is 1.11. The second kappa shape index (κ2) is 8.97. The van der Waals surface area contributed by atoms with Crippen molar-refractivity contribution in [2.24, 2.45) is 0 Å². The number of nitrogens with one attached hydrogen (secondary N) is 1. The Hall–Kier alpha value is -0.120. The standard InChI is InChI=1S/C13H29N3/c1-15(2)12-8-14-9-13-16-10-6-4-3-5-7-11-16/h14H,3-13H2,1-2H3. The zero-order chi connectivity index (χ0) is 11.6. The van der Waals surface area contributed by atoms with E-state index in [1.165, 1.54) is 51.7 Å². The number of hydrogen-bond donors (Lipinski definition) is 1. The Morgan fingerprint density at radius 1 is 0.938 bits per heavy atom. The summed E-state index contributed by atoms with van der Waals surface area (Å²) in [5, 5.41) is 3.52. The lowest BCUT2D eigenvalue weighted by Crippen LogP contribution is -2.36. The molecule has 3 nitrogen and oxygen atoms in total. The van der Waals surface area contributed by atoms with E-state index in [1.807, 2.05) is 0 Å². The van der Waals surface area contributed by atoms with Gasteiger partial charge in [0.2, 0.25) is 0 Å². The van der Waals surface area contributed by atoms with Crippen LogP contribution in [0.1, 0.15) is 32.1 Å². The molecule has 1 saturated heterocycles. The lowest BCUT2D eigenvalue weighted by atomic mass is 10.1. The van der Waals surface area contributed by atoms with E-state index in [9.17, 15) is 0 Å². The summed E-state index contributed by atoms with van der Waals surface area (Å²) in [6, 6.07) is 0. The van der Waals surface area contributed by atoms with E-state index >= 15 is 0 Å². The molecular weight excluding hydrogens is 198 g/mol. The van der Waals surface area contributed by atoms with Gasteiger partial charge in [-0.2, -0.15) is 0 Å². The third-order valence-corrected chi connectivity index (χ3v) is 3.29. The van der Waals surface area contributed by atoms with Gasteiger partial charge in [-0.05, 0) is 40.0 Å². The predicted molar refractivity (Wildman–Crippen MR) is 70.9 cm³/mol. The fourth-order valence-electron chi connectivity index (χ4n) is 2.20. The second-order valence-corrected chi connectivity index (χ2v) is 5.16. The molecule has 0 saturated carbocycles. The molecule has 96 valence electrons. The van der Waals surface area contributed by atoms with Gasteiger partial charge in [-0.3, -0.25) is 0 Å². The van der Waals surface area contributed by atoms with E-state index in [1.54, 1.807) is 0 Å². The van der Waals surface area contributed by atoms with E-state index in [0.717, 1.165) is 19.6 Å². The lowest BCUT2D eigenvalue weighted by molar-refractivity contribution is 0.246. The summed E-state index contributed by atoms with van der Waals surface area (Å²) in [5.41, 5.74) is 0. The molecule has 1 heterocycles. The second-order valence-electron chi connectivity index (χ2n) is 5.16. The van der Waals surface area contributed by atoms with Crippen LogP contribution < -0.4 is 5.32 Å². The van der Waals surface area contributed by atoms with Crippen LogP contribution in [0.2, 0.25) is 0 Å². The molecule has 1 N–H and O–H groups in total. The van der Waals surface area contributed by atoms with E-state index in [4.69, 9.17) is 0 Å². The van der Waals surface area contributed by atoms with Gasteiger partial charge >= 0.3 is 0 Å². The van der Waals surface area contributed by atoms with Crippen molar-refractivity contribution < 1.29 is 0 Å². The summed E-state index contributed by atoms with van der Waals surface area (Å²) < 4.78 is 0. The summed E-state index contributed by atoms with van der Waals surface area (Å²) in [7, 11) is 4.25. The van der Waals surface area contributed by atoms with Gasteiger partial charge in [0.25, 0.3) is 0 Å². The van der Waals surface area contributed by atoms with E-state index < -0.39 is 0 Å². The molecule has 1 aliphatic rings. The first kappa shape index (κ1) is 13.9. The first-order valence-corrected chi connectivity index (χ1v) is 6.87. The zero-order valence-corrected chi connectivity index (χ0v) is 11.2. The summed E-state index contributed by atoms with van der Waals surface area (Å²) in [6.45, 7) is 7.26. The first-order chi connectivity index (χ1) is 7.79. The normalized spacial score (nSPS) is 19.7. The molecule has 0 unspecified atom stereocenters. The maximum absolute atomic E-state index is 3.52. The quantitative estimate of drug-likeness (QED) is 0.692. The summed E-state index contributed by atoms with van der Waals surface area (Å²) in [4.78, 5) is 4.85. The summed E-state index contributed by atoms with van der Waals surface area (Å²) in [6.07, 6.45) is 7.12. The molecule has 1 fully saturated rings. The molecule has 0 atom stereocenters. The summed E-state index contributed by atoms with van der Waals surface area (Å²) in [5.74, 6) is 0. The number of rotatable bonds is 6. The number of likely N-dealkylation sites (tertiary alicyclic amines) is 1. The van der Waals surface area contributed by atoms with Crippen molar-refractivity contribution in [1.29, 1.82) is 0 Å². The van der Waals surface area contributed by atoms with Gasteiger partial charge in [0.05, 0.1) is 0 Å². The van der Waals surface area contributed by atoms with Crippen LogP contribution in [0.15, 0.2) is 0 Å². The number of nitrogens with zero attached hydrogens (tertiary/aromatic N) is 2. The highest BCUT2D eigenvalue weighted by molar-refractivity contribution is 4.64. The van der Waals surface area contributed by atoms with Gasteiger partial charge in [-0.1, -0.05) is 19.3 Å². The molecule has 1 aliphatic heterocycles. The number of likely N-dealkylation sites (N-methyl/N-ethyl adjacent to an activating group) is 1. The maximum atomic E-state index is 3.52. The van der Waals surface area contributed by atoms with Gasteiger partial charge < -0.3 is 15.1 Å². The van der Waals surface area contributed by atoms with Gasteiger partial charge in [-0.25, -0.2) is 0 Å². The van der Waals surface area contributed by atoms with Gasteiger partial charge in [0.1, 0.15) is 0 Å². The van der Waals surface area contributed by atoms with Crippen molar-refractivity contribution in [2.45, 2.75) is 32.1 Å². The molecule has 1 rings (SSSR count). The van der Waals surface area contributed by atoms with E-state index in [2.05, 4.69) is 29.2 Å². The Morgan fingerprint density at radius 3 is 2.19 bits per heavy atom. The molecule has 0 spiro atoms. The van der Waals surface area contributed by atoms with Crippen LogP contribution >= 0.6 is 0 Å². The zero-order valence-electron chi connectivity index (χ0n) is 11.2. The van der Waals surface area contributed by atoms with Crippen molar-refractivity contribution in [3.05, 3.63) is 0 Å². The highest BCUT2D eigenvalue weighted by Crippen LogP contribution is 2.09. The van der Waals surface area contributed by atoms with E-state index in [0.29, 0.717) is 0 Å². The molecule has 0 amide bonds. The molecular formula is C13H29N3. The average Bonchev–Trinajstić information content (AvgIpc) is 2.19. The van der Waals surface area contributed by atoms with Crippen LogP contribution in [0, 0.1) is 0 Å². The first-order valence-electron chi connectivity index (χ1n) is 6.87. The fraction of sp³-hybridized carbons (Fsp3) is 1.00. The van der Waals surface area contributed by atoms with Crippen LogP contribution in [0.5, 0.6) is 0 Å². The van der Waals surface area contributed by atoms with Crippen molar-refractivity contribution in [2.75, 3.05) is 53.4 Å². The molecule has 3 heteroatoms. The smallest absolute Gasteiger partial charge is 0.0107 e. The number of hydrogen-bond acceptors (Lipinski definition) is 3. The Kier molecular flexibility index (Phi) is 7.81. The topological polar surface area (TPSA) is 18.5 Å². The van der Waals surface area contributed by atoms with Crippen LogP contribution in [-0.2, 0) is 0 Å². The lowest BCUT2D eigenvalue weighted by Gasteiger charge is -2.24. The van der Waals surface area contributed by atoms with E-state index in [-0.39, 0.29) is 0 Å². The molecule has 0 aliphatic carbocycles. The molecule has 0 aromatic rings. The highest BCUT2D eigenvalue weighted by Gasteiger charge is 2.06. The third-order valence-electron chi connectivity index (χ3n) is 3.29. The molecule has 0 bridgehead atoms. The third kappa shape index (κ3) is 7.20. The maximum Gasteiger partial charge on any atom is 0.0107 e. The van der Waals surface area contributed by atoms with Crippen molar-refractivity contribution in [3.8, 4) is 0 Å². The van der Waals surface area contributed by atoms with Gasteiger partial charge in [0, 0.05) is 26.2 Å². The Labute approximate surface area is 101 Å². The van der Waals surface area contributed by atoms with Crippen molar-refractivity contribution >= 4 is 0 Å². The molecule has 0 radical (unpaired) electrons. The van der Waals surface area contributed by atoms with Crippen molar-refractivity contribution in [1.82, 2.24) is 15.1 Å². The highest BCUT2D eigenvalue weighted by atomic mass is 15.1. The Balaban J connectivity index is 1.97. The average molecular weight is 227 g/mol. The van der Waals surface area contributed by atoms with Crippen molar-refractivity contribution in [3.63, 3.8) is 0 Å².